The summed E-state index contributed by atoms with van der Waals surface area (Å²) in [5.41, 5.74) is 2.60. The van der Waals surface area contributed by atoms with E-state index in [1.165, 1.54) is 23.8 Å². The summed E-state index contributed by atoms with van der Waals surface area (Å²) in [6.07, 6.45) is 3.35. The van der Waals surface area contributed by atoms with E-state index in [1.54, 1.807) is 35.6 Å². The fourth-order valence-electron chi connectivity index (χ4n) is 2.83. The van der Waals surface area contributed by atoms with Crippen molar-refractivity contribution in [3.05, 3.63) is 51.2 Å². The van der Waals surface area contributed by atoms with Gasteiger partial charge in [-0.05, 0) is 55.9 Å². The van der Waals surface area contributed by atoms with Crippen molar-refractivity contribution < 1.29 is 9.59 Å². The zero-order chi connectivity index (χ0) is 15.7. The third-order valence-corrected chi connectivity index (χ3v) is 5.32. The van der Waals surface area contributed by atoms with E-state index in [-0.39, 0.29) is 11.7 Å². The number of amides is 1. The Morgan fingerprint density at radius 1 is 1.27 bits per heavy atom. The second kappa shape index (κ2) is 6.05. The van der Waals surface area contributed by atoms with E-state index in [2.05, 4.69) is 12.2 Å². The average molecular weight is 313 g/mol. The molecule has 1 heterocycles. The van der Waals surface area contributed by atoms with Crippen molar-refractivity contribution in [3.63, 3.8) is 0 Å². The molecule has 0 radical (unpaired) electrons. The van der Waals surface area contributed by atoms with E-state index in [0.29, 0.717) is 17.2 Å². The van der Waals surface area contributed by atoms with Gasteiger partial charge in [-0.3, -0.25) is 9.59 Å². The van der Waals surface area contributed by atoms with Crippen molar-refractivity contribution in [1.82, 2.24) is 0 Å². The molecule has 0 unspecified atom stereocenters. The summed E-state index contributed by atoms with van der Waals surface area (Å²) in [6, 6.07) is 9.09. The molecule has 0 bridgehead atoms. The number of carbonyl (C=O) groups is 2. The molecule has 114 valence electrons. The number of nitrogens with one attached hydrogen (secondary N) is 1. The molecule has 0 saturated carbocycles. The molecule has 3 rings (SSSR count). The molecule has 3 nitrogen and oxygen atoms in total. The topological polar surface area (TPSA) is 46.2 Å². The van der Waals surface area contributed by atoms with E-state index in [0.717, 1.165) is 17.7 Å². The summed E-state index contributed by atoms with van der Waals surface area (Å²) < 4.78 is 0. The number of ketones is 1. The van der Waals surface area contributed by atoms with Crippen molar-refractivity contribution in [1.29, 1.82) is 0 Å². The van der Waals surface area contributed by atoms with Gasteiger partial charge in [-0.25, -0.2) is 0 Å². The van der Waals surface area contributed by atoms with Crippen molar-refractivity contribution in [2.45, 2.75) is 33.1 Å². The van der Waals surface area contributed by atoms with Crippen LogP contribution < -0.4 is 5.32 Å². The van der Waals surface area contributed by atoms with Gasteiger partial charge >= 0.3 is 0 Å². The van der Waals surface area contributed by atoms with Crippen LogP contribution in [0.25, 0.3) is 0 Å². The molecule has 1 aromatic carbocycles. The summed E-state index contributed by atoms with van der Waals surface area (Å²) in [6.45, 7) is 3.78. The van der Waals surface area contributed by atoms with Gasteiger partial charge in [0.1, 0.15) is 0 Å². The Hall–Kier alpha value is -1.94. The molecular weight excluding hydrogens is 294 g/mol. The van der Waals surface area contributed by atoms with Gasteiger partial charge in [-0.1, -0.05) is 19.1 Å². The minimum atomic E-state index is -0.0900. The van der Waals surface area contributed by atoms with Crippen LogP contribution in [0.5, 0.6) is 0 Å². The zero-order valence-electron chi connectivity index (χ0n) is 12.8. The number of hydrogen-bond donors (Lipinski definition) is 1. The van der Waals surface area contributed by atoms with Crippen LogP contribution >= 0.6 is 11.3 Å². The van der Waals surface area contributed by atoms with Crippen LogP contribution in [0.4, 0.5) is 5.69 Å². The first-order chi connectivity index (χ1) is 10.5. The highest BCUT2D eigenvalue weighted by Crippen LogP contribution is 2.32. The van der Waals surface area contributed by atoms with Gasteiger partial charge in [0, 0.05) is 16.1 Å². The molecule has 2 aromatic rings. The number of thiophene rings is 1. The van der Waals surface area contributed by atoms with Gasteiger partial charge in [0.15, 0.2) is 5.78 Å². The second-order valence-electron chi connectivity index (χ2n) is 6.00. The Kier molecular flexibility index (Phi) is 4.12. The number of aryl methyl sites for hydroxylation is 1. The molecule has 0 saturated heterocycles. The Bertz CT molecular complexity index is 732. The highest BCUT2D eigenvalue weighted by molar-refractivity contribution is 7.14. The lowest BCUT2D eigenvalue weighted by molar-refractivity contribution is 0.101. The van der Waals surface area contributed by atoms with Crippen molar-refractivity contribution in [2.75, 3.05) is 5.32 Å². The first-order valence-electron chi connectivity index (χ1n) is 7.57. The second-order valence-corrected chi connectivity index (χ2v) is 7.13. The predicted octanol–water partition coefficient (Wildman–Crippen LogP) is 4.33. The number of carbonyl (C=O) groups excluding carboxylic acids is 2. The predicted molar refractivity (Wildman–Crippen MR) is 89.9 cm³/mol. The maximum atomic E-state index is 12.4. The molecule has 0 spiro atoms. The Morgan fingerprint density at radius 2 is 2.09 bits per heavy atom. The molecular formula is C18H19NO2S. The van der Waals surface area contributed by atoms with Crippen LogP contribution in [0, 0.1) is 5.92 Å². The molecule has 1 atom stereocenters. The smallest absolute Gasteiger partial charge is 0.265 e. The number of hydrogen-bond acceptors (Lipinski definition) is 3. The maximum absolute atomic E-state index is 12.4. The Labute approximate surface area is 134 Å². The lowest BCUT2D eigenvalue weighted by Crippen LogP contribution is -2.10. The van der Waals surface area contributed by atoms with Gasteiger partial charge in [0.2, 0.25) is 0 Å². The van der Waals surface area contributed by atoms with E-state index >= 15 is 0 Å². The molecule has 4 heteroatoms. The average Bonchev–Trinajstić information content (AvgIpc) is 2.90. The van der Waals surface area contributed by atoms with Crippen molar-refractivity contribution >= 4 is 28.7 Å². The number of anilines is 1. The Morgan fingerprint density at radius 3 is 2.86 bits per heavy atom. The van der Waals surface area contributed by atoms with Gasteiger partial charge in [0.25, 0.3) is 5.91 Å². The summed E-state index contributed by atoms with van der Waals surface area (Å²) >= 11 is 1.60. The molecule has 0 fully saturated rings. The standard InChI is InChI=1S/C18H19NO2S/c1-11-6-7-16-14(8-11)10-17(22-16)18(21)19-15-5-3-4-13(9-15)12(2)20/h3-5,9-11H,6-8H2,1-2H3,(H,19,21)/t11-/m0/s1. The summed E-state index contributed by atoms with van der Waals surface area (Å²) in [7, 11) is 0. The summed E-state index contributed by atoms with van der Waals surface area (Å²) in [5, 5.41) is 2.89. The number of rotatable bonds is 3. The van der Waals surface area contributed by atoms with E-state index in [4.69, 9.17) is 0 Å². The highest BCUT2D eigenvalue weighted by atomic mass is 32.1. The van der Waals surface area contributed by atoms with Crippen molar-refractivity contribution in [3.8, 4) is 0 Å². The monoisotopic (exact) mass is 313 g/mol. The quantitative estimate of drug-likeness (QED) is 0.857. The lowest BCUT2D eigenvalue weighted by atomic mass is 9.90. The fraction of sp³-hybridized carbons (Fsp3) is 0.333. The summed E-state index contributed by atoms with van der Waals surface area (Å²) in [4.78, 5) is 25.9. The van der Waals surface area contributed by atoms with Crippen LogP contribution in [-0.2, 0) is 12.8 Å². The van der Waals surface area contributed by atoms with Crippen molar-refractivity contribution in [2.24, 2.45) is 5.92 Å². The number of fused-ring (bicyclic) bond motifs is 1. The van der Waals surface area contributed by atoms with Gasteiger partial charge in [0.05, 0.1) is 4.88 Å². The minimum Gasteiger partial charge on any atom is -0.321 e. The number of benzene rings is 1. The first kappa shape index (κ1) is 15.0. The third-order valence-electron chi connectivity index (χ3n) is 4.08. The molecule has 1 amide bonds. The van der Waals surface area contributed by atoms with Crippen LogP contribution in [0.2, 0.25) is 0 Å². The van der Waals surface area contributed by atoms with E-state index in [9.17, 15) is 9.59 Å². The minimum absolute atomic E-state index is 0.00308. The molecule has 1 N–H and O–H groups in total. The van der Waals surface area contributed by atoms with E-state index in [1.807, 2.05) is 6.07 Å². The highest BCUT2D eigenvalue weighted by Gasteiger charge is 2.20. The number of Topliss-reactive ketones (excluding diaryl/α,β-unsaturated/α-hetero) is 1. The normalized spacial score (nSPS) is 16.9. The van der Waals surface area contributed by atoms with Crippen LogP contribution in [0.1, 0.15) is 50.7 Å². The van der Waals surface area contributed by atoms with E-state index < -0.39 is 0 Å². The maximum Gasteiger partial charge on any atom is 0.265 e. The van der Waals surface area contributed by atoms with Crippen LogP contribution in [0.15, 0.2) is 30.3 Å². The molecule has 1 aliphatic carbocycles. The summed E-state index contributed by atoms with van der Waals surface area (Å²) in [5.74, 6) is 0.606. The first-order valence-corrected chi connectivity index (χ1v) is 8.38. The molecule has 22 heavy (non-hydrogen) atoms. The zero-order valence-corrected chi connectivity index (χ0v) is 13.6. The SMILES string of the molecule is CC(=O)c1cccc(NC(=O)c2cc3c(s2)CC[C@H](C)C3)c1. The van der Waals surface area contributed by atoms with Gasteiger partial charge in [-0.15, -0.1) is 11.3 Å². The van der Waals surface area contributed by atoms with Crippen LogP contribution in [-0.4, -0.2) is 11.7 Å². The van der Waals surface area contributed by atoms with Gasteiger partial charge < -0.3 is 5.32 Å². The van der Waals surface area contributed by atoms with Gasteiger partial charge in [-0.2, -0.15) is 0 Å². The lowest BCUT2D eigenvalue weighted by Gasteiger charge is -2.16. The Balaban J connectivity index is 1.77. The molecule has 1 aliphatic rings. The largest absolute Gasteiger partial charge is 0.321 e. The molecule has 0 aliphatic heterocycles. The fourth-order valence-corrected chi connectivity index (χ4v) is 3.93. The third kappa shape index (κ3) is 3.12. The molecule has 1 aromatic heterocycles. The van der Waals surface area contributed by atoms with Crippen LogP contribution in [0.3, 0.4) is 0 Å².